The van der Waals surface area contributed by atoms with Crippen LogP contribution in [0.4, 0.5) is 0 Å². The smallest absolute Gasteiger partial charge is 0.220 e. The quantitative estimate of drug-likeness (QED) is 0.156. The Balaban J connectivity index is 4.85. The molecule has 0 aliphatic rings. The fourth-order valence-corrected chi connectivity index (χ4v) is 3.34. The molecular weight excluding hydrogens is 484 g/mol. The maximum atomic E-state index is 12.8. The number of ether oxygens (including phenoxy) is 4. The fourth-order valence-electron chi connectivity index (χ4n) is 3.34. The normalized spacial score (nSPS) is 12.6. The van der Waals surface area contributed by atoms with Gasteiger partial charge < -0.3 is 29.6 Å². The number of carbonyl (C=O) groups excluding carboxylic acids is 5. The molecule has 0 bridgehead atoms. The molecule has 2 unspecified atom stereocenters. The van der Waals surface area contributed by atoms with E-state index in [-0.39, 0.29) is 81.2 Å². The number of ketones is 4. The first-order valence-electron chi connectivity index (χ1n) is 13.0. The Bertz CT molecular complexity index is 685. The molecule has 0 fully saturated rings. The molecule has 0 aromatic carbocycles. The molecule has 0 radical (unpaired) electrons. The SMILES string of the molecule is CCC(=O)CC(NC(=O)CCC(NCCC(=O)COCCOC)C(=O)CCCOCCOC)C(=O)CC. The Morgan fingerprint density at radius 2 is 1.38 bits per heavy atom. The fraction of sp³-hybridized carbons (Fsp3) is 0.808. The average Bonchev–Trinajstić information content (AvgIpc) is 2.89. The van der Waals surface area contributed by atoms with Gasteiger partial charge in [0.25, 0.3) is 0 Å². The second-order valence-corrected chi connectivity index (χ2v) is 8.59. The van der Waals surface area contributed by atoms with Crippen LogP contribution in [-0.4, -0.2) is 102 Å². The summed E-state index contributed by atoms with van der Waals surface area (Å²) < 4.78 is 20.4. The van der Waals surface area contributed by atoms with Gasteiger partial charge in [0.15, 0.2) is 11.6 Å². The van der Waals surface area contributed by atoms with Crippen LogP contribution in [0.15, 0.2) is 0 Å². The lowest BCUT2D eigenvalue weighted by Crippen LogP contribution is -2.43. The maximum Gasteiger partial charge on any atom is 0.220 e. The zero-order valence-corrected chi connectivity index (χ0v) is 22.9. The minimum Gasteiger partial charge on any atom is -0.382 e. The molecule has 0 aromatic rings. The van der Waals surface area contributed by atoms with Gasteiger partial charge in [-0.25, -0.2) is 0 Å². The van der Waals surface area contributed by atoms with Crippen molar-refractivity contribution in [2.75, 3.05) is 60.4 Å². The lowest BCUT2D eigenvalue weighted by Gasteiger charge is -2.19. The summed E-state index contributed by atoms with van der Waals surface area (Å²) in [5.74, 6) is -0.915. The zero-order valence-electron chi connectivity index (χ0n) is 22.9. The molecule has 0 aromatic heterocycles. The number of nitrogens with one attached hydrogen (secondary N) is 2. The van der Waals surface area contributed by atoms with E-state index >= 15 is 0 Å². The molecule has 2 atom stereocenters. The van der Waals surface area contributed by atoms with Gasteiger partial charge in [0, 0.05) is 65.9 Å². The Labute approximate surface area is 220 Å². The number of Topliss-reactive ketones (excluding diaryl/α,β-unsaturated/α-hetero) is 4. The van der Waals surface area contributed by atoms with E-state index in [1.807, 2.05) is 0 Å². The minimum absolute atomic E-state index is 0.00433. The van der Waals surface area contributed by atoms with Crippen LogP contribution in [0, 0.1) is 0 Å². The van der Waals surface area contributed by atoms with Crippen molar-refractivity contribution in [3.63, 3.8) is 0 Å². The second kappa shape index (κ2) is 23.1. The predicted octanol–water partition coefficient (Wildman–Crippen LogP) is 1.19. The van der Waals surface area contributed by atoms with Gasteiger partial charge in [0.2, 0.25) is 5.91 Å². The Kier molecular flexibility index (Phi) is 21.8. The van der Waals surface area contributed by atoms with Crippen molar-refractivity contribution in [2.24, 2.45) is 0 Å². The summed E-state index contributed by atoms with van der Waals surface area (Å²) in [7, 11) is 3.13. The highest BCUT2D eigenvalue weighted by Crippen LogP contribution is 2.07. The van der Waals surface area contributed by atoms with Gasteiger partial charge in [-0.15, -0.1) is 0 Å². The van der Waals surface area contributed by atoms with Crippen LogP contribution in [0.3, 0.4) is 0 Å². The van der Waals surface area contributed by atoms with Gasteiger partial charge in [0.05, 0.1) is 38.5 Å². The summed E-state index contributed by atoms with van der Waals surface area (Å²) in [6.07, 6.45) is 1.60. The highest BCUT2D eigenvalue weighted by Gasteiger charge is 2.24. The van der Waals surface area contributed by atoms with E-state index in [4.69, 9.17) is 18.9 Å². The molecule has 37 heavy (non-hydrogen) atoms. The first-order chi connectivity index (χ1) is 17.8. The van der Waals surface area contributed by atoms with Crippen molar-refractivity contribution in [3.05, 3.63) is 0 Å². The van der Waals surface area contributed by atoms with E-state index in [0.717, 1.165) is 0 Å². The van der Waals surface area contributed by atoms with E-state index < -0.39 is 18.0 Å². The molecule has 0 aliphatic carbocycles. The third-order valence-corrected chi connectivity index (χ3v) is 5.58. The molecule has 2 N–H and O–H groups in total. The summed E-state index contributed by atoms with van der Waals surface area (Å²) in [4.78, 5) is 61.4. The van der Waals surface area contributed by atoms with Crippen LogP contribution >= 0.6 is 0 Å². The standard InChI is InChI=1S/C26H46N2O9/c1-5-20(29)18-23(24(31)6-2)28-26(33)10-9-22(25(32)8-7-13-36-16-14-34-3)27-12-11-21(30)19-37-17-15-35-4/h22-23,27H,5-19H2,1-4H3,(H,28,33). The lowest BCUT2D eigenvalue weighted by atomic mass is 10.0. The molecule has 0 heterocycles. The molecule has 11 nitrogen and oxygen atoms in total. The van der Waals surface area contributed by atoms with Crippen molar-refractivity contribution in [1.82, 2.24) is 10.6 Å². The number of rotatable bonds is 26. The van der Waals surface area contributed by atoms with Crippen LogP contribution in [0.25, 0.3) is 0 Å². The van der Waals surface area contributed by atoms with E-state index in [2.05, 4.69) is 10.6 Å². The monoisotopic (exact) mass is 530 g/mol. The van der Waals surface area contributed by atoms with E-state index in [1.165, 1.54) is 0 Å². The first kappa shape index (κ1) is 35.0. The molecule has 0 saturated heterocycles. The Hall–Kier alpha value is -2.05. The van der Waals surface area contributed by atoms with Crippen molar-refractivity contribution in [3.8, 4) is 0 Å². The van der Waals surface area contributed by atoms with E-state index in [1.54, 1.807) is 28.1 Å². The number of amides is 1. The third-order valence-electron chi connectivity index (χ3n) is 5.58. The van der Waals surface area contributed by atoms with Gasteiger partial charge in [-0.3, -0.25) is 24.0 Å². The summed E-state index contributed by atoms with van der Waals surface area (Å²) in [5, 5.41) is 5.73. The highest BCUT2D eigenvalue weighted by molar-refractivity contribution is 5.93. The van der Waals surface area contributed by atoms with Crippen LogP contribution in [0.1, 0.15) is 65.2 Å². The first-order valence-corrected chi connectivity index (χ1v) is 13.0. The van der Waals surface area contributed by atoms with Crippen molar-refractivity contribution < 1.29 is 42.9 Å². The van der Waals surface area contributed by atoms with Crippen LogP contribution in [0.2, 0.25) is 0 Å². The molecule has 0 aliphatic heterocycles. The van der Waals surface area contributed by atoms with Gasteiger partial charge >= 0.3 is 0 Å². The molecular formula is C26H46N2O9. The molecule has 0 rings (SSSR count). The number of hydrogen-bond acceptors (Lipinski definition) is 10. The topological polar surface area (TPSA) is 146 Å². The molecule has 0 saturated carbocycles. The highest BCUT2D eigenvalue weighted by atomic mass is 16.5. The van der Waals surface area contributed by atoms with Gasteiger partial charge in [-0.2, -0.15) is 0 Å². The van der Waals surface area contributed by atoms with E-state index in [9.17, 15) is 24.0 Å². The second-order valence-electron chi connectivity index (χ2n) is 8.59. The maximum absolute atomic E-state index is 12.8. The minimum atomic E-state index is -0.855. The Morgan fingerprint density at radius 1 is 0.703 bits per heavy atom. The molecule has 11 heteroatoms. The average molecular weight is 531 g/mol. The molecule has 1 amide bonds. The molecule has 0 spiro atoms. The predicted molar refractivity (Wildman–Crippen MR) is 137 cm³/mol. The number of carbonyl (C=O) groups is 5. The van der Waals surface area contributed by atoms with Gasteiger partial charge in [0.1, 0.15) is 18.2 Å². The largest absolute Gasteiger partial charge is 0.382 e. The summed E-state index contributed by atoms with van der Waals surface area (Å²) in [6, 6.07) is -1.49. The lowest BCUT2D eigenvalue weighted by molar-refractivity contribution is -0.130. The number of methoxy groups -OCH3 is 2. The van der Waals surface area contributed by atoms with Crippen molar-refractivity contribution >= 4 is 29.0 Å². The Morgan fingerprint density at radius 3 is 2.00 bits per heavy atom. The van der Waals surface area contributed by atoms with Crippen molar-refractivity contribution in [1.29, 1.82) is 0 Å². The van der Waals surface area contributed by atoms with Crippen molar-refractivity contribution in [2.45, 2.75) is 77.3 Å². The van der Waals surface area contributed by atoms with Crippen LogP contribution in [0.5, 0.6) is 0 Å². The van der Waals surface area contributed by atoms with Gasteiger partial charge in [-0.05, 0) is 12.8 Å². The van der Waals surface area contributed by atoms with Crippen LogP contribution < -0.4 is 10.6 Å². The number of hydrogen-bond donors (Lipinski definition) is 2. The summed E-state index contributed by atoms with van der Waals surface area (Å²) >= 11 is 0. The third kappa shape index (κ3) is 18.8. The zero-order chi connectivity index (χ0) is 27.9. The summed E-state index contributed by atoms with van der Waals surface area (Å²) in [5.41, 5.74) is 0. The summed E-state index contributed by atoms with van der Waals surface area (Å²) in [6.45, 7) is 5.66. The van der Waals surface area contributed by atoms with Gasteiger partial charge in [-0.1, -0.05) is 13.8 Å². The van der Waals surface area contributed by atoms with E-state index in [0.29, 0.717) is 39.5 Å². The molecule has 214 valence electrons. The van der Waals surface area contributed by atoms with Crippen LogP contribution in [-0.2, 0) is 42.9 Å².